The highest BCUT2D eigenvalue weighted by molar-refractivity contribution is 7.92. The molecule has 0 unspecified atom stereocenters. The van der Waals surface area contributed by atoms with Crippen LogP contribution in [0.1, 0.15) is 20.0 Å². The van der Waals surface area contributed by atoms with Crippen molar-refractivity contribution in [2.75, 3.05) is 0 Å². The number of benzene rings is 2. The number of nitrogens with two attached hydrogens (primary N) is 1. The molecule has 144 valence electrons. The lowest BCUT2D eigenvalue weighted by molar-refractivity contribution is 0.0978. The quantitative estimate of drug-likeness (QED) is 0.614. The molecule has 0 spiro atoms. The van der Waals surface area contributed by atoms with Crippen molar-refractivity contribution in [2.24, 2.45) is 5.73 Å². The molecular formula is C18H13ClN2O5S2. The maximum absolute atomic E-state index is 12.3. The molecule has 0 aliphatic heterocycles. The lowest BCUT2D eigenvalue weighted by atomic mass is 10.2. The van der Waals surface area contributed by atoms with E-state index in [0.29, 0.717) is 27.9 Å². The largest absolute Gasteiger partial charge is 0.457 e. The van der Waals surface area contributed by atoms with Gasteiger partial charge in [0.2, 0.25) is 0 Å². The van der Waals surface area contributed by atoms with Crippen LogP contribution >= 0.6 is 22.9 Å². The van der Waals surface area contributed by atoms with Crippen molar-refractivity contribution in [3.05, 3.63) is 76.1 Å². The second-order valence-electron chi connectivity index (χ2n) is 5.50. The lowest BCUT2D eigenvalue weighted by Crippen LogP contribution is -2.30. The van der Waals surface area contributed by atoms with E-state index in [1.54, 1.807) is 24.3 Å². The van der Waals surface area contributed by atoms with Gasteiger partial charge in [-0.3, -0.25) is 9.59 Å². The second-order valence-corrected chi connectivity index (χ2v) is 8.93. The maximum Gasteiger partial charge on any atom is 0.273 e. The Hall–Kier alpha value is -2.88. The van der Waals surface area contributed by atoms with E-state index in [-0.39, 0.29) is 14.6 Å². The third-order valence-corrected chi connectivity index (χ3v) is 6.62. The zero-order valence-corrected chi connectivity index (χ0v) is 16.5. The zero-order valence-electron chi connectivity index (χ0n) is 14.1. The molecule has 0 atom stereocenters. The first-order valence-electron chi connectivity index (χ1n) is 7.75. The standard InChI is InChI=1S/C18H13ClN2O5S2/c19-12-2-1-3-14(10-12)26-13-6-4-11(5-7-13)18(23)21-28(24,25)16-9-8-15(27-16)17(20)22/h1-10H,(H2,20,22)(H,21,23). The summed E-state index contributed by atoms with van der Waals surface area (Å²) in [5, 5.41) is 0.520. The van der Waals surface area contributed by atoms with Crippen LogP contribution in [0.4, 0.5) is 0 Å². The first-order chi connectivity index (χ1) is 13.2. The van der Waals surface area contributed by atoms with Crippen LogP contribution in [-0.2, 0) is 10.0 Å². The predicted octanol–water partition coefficient (Wildman–Crippen LogP) is 3.41. The Balaban J connectivity index is 1.71. The molecule has 2 aromatic carbocycles. The predicted molar refractivity (Wildman–Crippen MR) is 105 cm³/mol. The first-order valence-corrected chi connectivity index (χ1v) is 10.4. The zero-order chi connectivity index (χ0) is 20.3. The van der Waals surface area contributed by atoms with Crippen LogP contribution in [0.15, 0.2) is 64.9 Å². The van der Waals surface area contributed by atoms with Gasteiger partial charge in [0, 0.05) is 10.6 Å². The molecule has 10 heteroatoms. The van der Waals surface area contributed by atoms with E-state index in [9.17, 15) is 18.0 Å². The number of halogens is 1. The number of ether oxygens (including phenoxy) is 1. The molecule has 1 heterocycles. The highest BCUT2D eigenvalue weighted by Gasteiger charge is 2.21. The fourth-order valence-electron chi connectivity index (χ4n) is 2.17. The fraction of sp³-hybridized carbons (Fsp3) is 0. The van der Waals surface area contributed by atoms with Gasteiger partial charge >= 0.3 is 0 Å². The molecule has 0 aliphatic carbocycles. The van der Waals surface area contributed by atoms with Crippen molar-refractivity contribution in [1.29, 1.82) is 0 Å². The summed E-state index contributed by atoms with van der Waals surface area (Å²) in [4.78, 5) is 23.4. The highest BCUT2D eigenvalue weighted by atomic mass is 35.5. The Labute approximate surface area is 169 Å². The number of nitrogens with one attached hydrogen (secondary N) is 1. The van der Waals surface area contributed by atoms with Gasteiger partial charge < -0.3 is 10.5 Å². The Kier molecular flexibility index (Phi) is 5.68. The minimum absolute atomic E-state index is 0.0790. The molecule has 0 saturated carbocycles. The first kappa shape index (κ1) is 19.9. The van der Waals surface area contributed by atoms with Gasteiger partial charge in [-0.2, -0.15) is 0 Å². The van der Waals surface area contributed by atoms with Gasteiger partial charge in [-0.1, -0.05) is 17.7 Å². The van der Waals surface area contributed by atoms with Gasteiger partial charge in [0.1, 0.15) is 15.7 Å². The van der Waals surface area contributed by atoms with Crippen LogP contribution in [0.3, 0.4) is 0 Å². The van der Waals surface area contributed by atoms with E-state index in [1.165, 1.54) is 36.4 Å². The van der Waals surface area contributed by atoms with Crippen molar-refractivity contribution in [3.63, 3.8) is 0 Å². The number of rotatable bonds is 6. The minimum atomic E-state index is -4.12. The Bertz CT molecular complexity index is 1140. The van der Waals surface area contributed by atoms with Crippen molar-refractivity contribution in [2.45, 2.75) is 4.21 Å². The third-order valence-electron chi connectivity index (χ3n) is 3.46. The van der Waals surface area contributed by atoms with Gasteiger partial charge in [0.15, 0.2) is 0 Å². The molecule has 3 rings (SSSR count). The van der Waals surface area contributed by atoms with Crippen molar-refractivity contribution < 1.29 is 22.7 Å². The molecule has 0 saturated heterocycles. The molecule has 1 aromatic heterocycles. The highest BCUT2D eigenvalue weighted by Crippen LogP contribution is 2.25. The van der Waals surface area contributed by atoms with Crippen molar-refractivity contribution in [1.82, 2.24) is 4.72 Å². The van der Waals surface area contributed by atoms with Gasteiger partial charge in [-0.05, 0) is 54.6 Å². The van der Waals surface area contributed by atoms with E-state index in [1.807, 2.05) is 4.72 Å². The van der Waals surface area contributed by atoms with Gasteiger partial charge in [0.25, 0.3) is 21.8 Å². The van der Waals surface area contributed by atoms with E-state index in [2.05, 4.69) is 0 Å². The number of primary amides is 1. The Morgan fingerprint density at radius 3 is 2.32 bits per heavy atom. The molecule has 0 aliphatic rings. The van der Waals surface area contributed by atoms with Crippen LogP contribution < -0.4 is 15.2 Å². The summed E-state index contributed by atoms with van der Waals surface area (Å²) in [7, 11) is -4.12. The topological polar surface area (TPSA) is 116 Å². The molecule has 2 amide bonds. The van der Waals surface area contributed by atoms with Gasteiger partial charge in [-0.25, -0.2) is 13.1 Å². The smallest absolute Gasteiger partial charge is 0.273 e. The second kappa shape index (κ2) is 8.01. The fourth-order valence-corrected chi connectivity index (χ4v) is 4.48. The number of carbonyl (C=O) groups excluding carboxylic acids is 2. The molecule has 3 aromatic rings. The summed E-state index contributed by atoms with van der Waals surface area (Å²) in [6.07, 6.45) is 0. The van der Waals surface area contributed by atoms with Crippen LogP contribution in [0.25, 0.3) is 0 Å². The summed E-state index contributed by atoms with van der Waals surface area (Å²) >= 11 is 6.58. The van der Waals surface area contributed by atoms with E-state index in [0.717, 1.165) is 0 Å². The van der Waals surface area contributed by atoms with Gasteiger partial charge in [-0.15, -0.1) is 11.3 Å². The Morgan fingerprint density at radius 1 is 1.00 bits per heavy atom. The average Bonchev–Trinajstić information content (AvgIpc) is 3.13. The van der Waals surface area contributed by atoms with E-state index in [4.69, 9.17) is 22.1 Å². The lowest BCUT2D eigenvalue weighted by Gasteiger charge is -2.08. The summed E-state index contributed by atoms with van der Waals surface area (Å²) in [5.41, 5.74) is 5.23. The van der Waals surface area contributed by atoms with Gasteiger partial charge in [0.05, 0.1) is 4.88 Å². The van der Waals surface area contributed by atoms with E-state index < -0.39 is 21.8 Å². The number of sulfonamides is 1. The maximum atomic E-state index is 12.3. The van der Waals surface area contributed by atoms with Crippen molar-refractivity contribution in [3.8, 4) is 11.5 Å². The number of amides is 2. The molecule has 0 bridgehead atoms. The van der Waals surface area contributed by atoms with E-state index >= 15 is 0 Å². The van der Waals surface area contributed by atoms with Crippen LogP contribution in [0.2, 0.25) is 5.02 Å². The van der Waals surface area contributed by atoms with Crippen molar-refractivity contribution >= 4 is 44.8 Å². The Morgan fingerprint density at radius 2 is 1.71 bits per heavy atom. The number of hydrogen-bond donors (Lipinski definition) is 2. The summed E-state index contributed by atoms with van der Waals surface area (Å²) < 4.78 is 31.9. The molecule has 7 nitrogen and oxygen atoms in total. The molecule has 3 N–H and O–H groups in total. The number of hydrogen-bond acceptors (Lipinski definition) is 6. The molecule has 0 radical (unpaired) electrons. The summed E-state index contributed by atoms with van der Waals surface area (Å²) in [5.74, 6) is -0.586. The monoisotopic (exact) mass is 436 g/mol. The van der Waals surface area contributed by atoms with Crippen LogP contribution in [0.5, 0.6) is 11.5 Å². The number of thiophene rings is 1. The molecule has 28 heavy (non-hydrogen) atoms. The van der Waals surface area contributed by atoms with Crippen LogP contribution in [-0.4, -0.2) is 20.2 Å². The summed E-state index contributed by atoms with van der Waals surface area (Å²) in [6, 6.07) is 15.2. The third kappa shape index (κ3) is 4.69. The average molecular weight is 437 g/mol. The molecular weight excluding hydrogens is 424 g/mol. The SMILES string of the molecule is NC(=O)c1ccc(S(=O)(=O)NC(=O)c2ccc(Oc3cccc(Cl)c3)cc2)s1. The summed E-state index contributed by atoms with van der Waals surface area (Å²) in [6.45, 7) is 0. The normalized spacial score (nSPS) is 11.0. The number of carbonyl (C=O) groups is 2. The minimum Gasteiger partial charge on any atom is -0.457 e. The molecule has 0 fully saturated rings. The van der Waals surface area contributed by atoms with Crippen LogP contribution in [0, 0.1) is 0 Å².